The van der Waals surface area contributed by atoms with Crippen LogP contribution in [0.2, 0.25) is 0 Å². The Bertz CT molecular complexity index is 991. The molecule has 0 aliphatic heterocycles. The molecule has 0 aromatic carbocycles. The van der Waals surface area contributed by atoms with E-state index in [9.17, 15) is 9.59 Å². The number of nitrogens with one attached hydrogen (secondary N) is 2. The van der Waals surface area contributed by atoms with Gasteiger partial charge in [0.25, 0.3) is 5.56 Å². The van der Waals surface area contributed by atoms with E-state index in [0.717, 1.165) is 29.5 Å². The lowest BCUT2D eigenvalue weighted by Crippen LogP contribution is -2.24. The highest BCUT2D eigenvalue weighted by molar-refractivity contribution is 7.99. The summed E-state index contributed by atoms with van der Waals surface area (Å²) in [5.41, 5.74) is 1.07. The van der Waals surface area contributed by atoms with Crippen LogP contribution in [0.25, 0.3) is 10.2 Å². The van der Waals surface area contributed by atoms with Crippen molar-refractivity contribution in [2.45, 2.75) is 37.9 Å². The number of carbonyl (C=O) groups is 1. The molecule has 26 heavy (non-hydrogen) atoms. The first-order valence-corrected chi connectivity index (χ1v) is 10.4. The zero-order valence-electron chi connectivity index (χ0n) is 14.3. The Kier molecular flexibility index (Phi) is 4.86. The third kappa shape index (κ3) is 3.57. The Morgan fingerprint density at radius 3 is 3.23 bits per heavy atom. The van der Waals surface area contributed by atoms with Gasteiger partial charge in [-0.2, -0.15) is 0 Å². The van der Waals surface area contributed by atoms with Crippen LogP contribution in [0.4, 0.5) is 0 Å². The minimum atomic E-state index is -0.131. The van der Waals surface area contributed by atoms with Gasteiger partial charge in [-0.1, -0.05) is 18.7 Å². The molecule has 3 aromatic rings. The zero-order chi connectivity index (χ0) is 18.1. The Balaban J connectivity index is 1.45. The summed E-state index contributed by atoms with van der Waals surface area (Å²) in [6.45, 7) is 2.60. The molecule has 136 valence electrons. The van der Waals surface area contributed by atoms with E-state index in [2.05, 4.69) is 22.2 Å². The molecule has 6 nitrogen and oxygen atoms in total. The van der Waals surface area contributed by atoms with Gasteiger partial charge in [0, 0.05) is 4.88 Å². The number of thioether (sulfide) groups is 1. The van der Waals surface area contributed by atoms with Crippen LogP contribution in [0, 0.1) is 5.92 Å². The highest BCUT2D eigenvalue weighted by Crippen LogP contribution is 2.36. The number of amides is 1. The highest BCUT2D eigenvalue weighted by atomic mass is 32.2. The molecule has 1 aliphatic rings. The second kappa shape index (κ2) is 7.28. The number of H-pyrrole nitrogens is 1. The maximum atomic E-state index is 12.5. The van der Waals surface area contributed by atoms with Crippen LogP contribution < -0.4 is 10.9 Å². The number of aromatic nitrogens is 2. The van der Waals surface area contributed by atoms with Crippen LogP contribution in [0.1, 0.15) is 29.5 Å². The van der Waals surface area contributed by atoms with E-state index < -0.39 is 0 Å². The zero-order valence-corrected chi connectivity index (χ0v) is 16.0. The molecule has 1 aliphatic carbocycles. The minimum Gasteiger partial charge on any atom is -0.467 e. The first kappa shape index (κ1) is 17.4. The van der Waals surface area contributed by atoms with Gasteiger partial charge < -0.3 is 14.7 Å². The maximum Gasteiger partial charge on any atom is 0.260 e. The SMILES string of the molecule is CC1CCc2c(sc3nc(SCC(=O)NCc4ccco4)[nH]c(=O)c23)C1. The van der Waals surface area contributed by atoms with E-state index in [0.29, 0.717) is 23.4 Å². The van der Waals surface area contributed by atoms with Crippen molar-refractivity contribution in [3.8, 4) is 0 Å². The molecule has 0 bridgehead atoms. The third-order valence-electron chi connectivity index (χ3n) is 4.52. The van der Waals surface area contributed by atoms with Gasteiger partial charge >= 0.3 is 0 Å². The summed E-state index contributed by atoms with van der Waals surface area (Å²) < 4.78 is 5.18. The monoisotopic (exact) mass is 389 g/mol. The summed E-state index contributed by atoms with van der Waals surface area (Å²) in [5, 5.41) is 4.01. The number of furan rings is 1. The van der Waals surface area contributed by atoms with Crippen LogP contribution in [0.15, 0.2) is 32.8 Å². The van der Waals surface area contributed by atoms with Crippen LogP contribution in [0.5, 0.6) is 0 Å². The van der Waals surface area contributed by atoms with Crippen molar-refractivity contribution in [2.75, 3.05) is 5.75 Å². The van der Waals surface area contributed by atoms with Crippen molar-refractivity contribution in [1.29, 1.82) is 0 Å². The van der Waals surface area contributed by atoms with Gasteiger partial charge in [-0.3, -0.25) is 9.59 Å². The van der Waals surface area contributed by atoms with Crippen LogP contribution in [0.3, 0.4) is 0 Å². The van der Waals surface area contributed by atoms with E-state index in [1.54, 1.807) is 29.7 Å². The van der Waals surface area contributed by atoms with Crippen molar-refractivity contribution >= 4 is 39.2 Å². The molecule has 3 heterocycles. The van der Waals surface area contributed by atoms with Crippen molar-refractivity contribution in [2.24, 2.45) is 5.92 Å². The largest absolute Gasteiger partial charge is 0.467 e. The molecule has 2 N–H and O–H groups in total. The summed E-state index contributed by atoms with van der Waals surface area (Å²) in [4.78, 5) is 34.0. The number of aromatic amines is 1. The molecule has 0 fully saturated rings. The molecule has 0 spiro atoms. The quantitative estimate of drug-likeness (QED) is 0.517. The molecule has 1 atom stereocenters. The van der Waals surface area contributed by atoms with Gasteiger partial charge in [0.15, 0.2) is 5.16 Å². The van der Waals surface area contributed by atoms with Gasteiger partial charge in [0.2, 0.25) is 5.91 Å². The average Bonchev–Trinajstić information content (AvgIpc) is 3.24. The second-order valence-corrected chi connectivity index (χ2v) is 8.60. The summed E-state index contributed by atoms with van der Waals surface area (Å²) in [7, 11) is 0. The Morgan fingerprint density at radius 2 is 2.42 bits per heavy atom. The van der Waals surface area contributed by atoms with Crippen LogP contribution >= 0.6 is 23.1 Å². The van der Waals surface area contributed by atoms with Gasteiger partial charge in [0.05, 0.1) is 23.9 Å². The molecule has 0 radical (unpaired) electrons. The number of rotatable bonds is 5. The first-order chi connectivity index (χ1) is 12.6. The smallest absolute Gasteiger partial charge is 0.260 e. The van der Waals surface area contributed by atoms with Crippen molar-refractivity contribution in [3.63, 3.8) is 0 Å². The Morgan fingerprint density at radius 1 is 1.54 bits per heavy atom. The lowest BCUT2D eigenvalue weighted by Gasteiger charge is -2.17. The molecule has 0 saturated heterocycles. The standard InChI is InChI=1S/C18H19N3O3S2/c1-10-4-5-12-13(7-10)26-17-15(12)16(23)20-18(21-17)25-9-14(22)19-8-11-3-2-6-24-11/h2-3,6,10H,4-5,7-9H2,1H3,(H,19,22)(H,20,21,23). The predicted molar refractivity (Wildman–Crippen MR) is 103 cm³/mol. The number of hydrogen-bond donors (Lipinski definition) is 2. The minimum absolute atomic E-state index is 0.0967. The summed E-state index contributed by atoms with van der Waals surface area (Å²) in [6.07, 6.45) is 4.66. The van der Waals surface area contributed by atoms with Crippen molar-refractivity contribution < 1.29 is 9.21 Å². The lowest BCUT2D eigenvalue weighted by atomic mass is 9.89. The van der Waals surface area contributed by atoms with E-state index in [1.807, 2.05) is 0 Å². The van der Waals surface area contributed by atoms with Crippen LogP contribution in [-0.2, 0) is 24.2 Å². The molecular weight excluding hydrogens is 370 g/mol. The third-order valence-corrected chi connectivity index (χ3v) is 6.55. The number of thiophene rings is 1. The van der Waals surface area contributed by atoms with E-state index in [4.69, 9.17) is 4.42 Å². The topological polar surface area (TPSA) is 88.0 Å². The van der Waals surface area contributed by atoms with E-state index in [-0.39, 0.29) is 17.2 Å². The Labute approximate surface area is 158 Å². The normalized spacial score (nSPS) is 16.6. The second-order valence-electron chi connectivity index (χ2n) is 6.55. The molecule has 4 rings (SSSR count). The molecule has 3 aromatic heterocycles. The summed E-state index contributed by atoms with van der Waals surface area (Å²) >= 11 is 2.86. The average molecular weight is 390 g/mol. The fraction of sp³-hybridized carbons (Fsp3) is 0.389. The molecule has 8 heteroatoms. The van der Waals surface area contributed by atoms with Gasteiger partial charge in [-0.25, -0.2) is 4.98 Å². The predicted octanol–water partition coefficient (Wildman–Crippen LogP) is 3.11. The van der Waals surface area contributed by atoms with Gasteiger partial charge in [-0.05, 0) is 42.9 Å². The number of carbonyl (C=O) groups excluding carboxylic acids is 1. The lowest BCUT2D eigenvalue weighted by molar-refractivity contribution is -0.118. The highest BCUT2D eigenvalue weighted by Gasteiger charge is 2.23. The van der Waals surface area contributed by atoms with E-state index in [1.165, 1.54) is 22.2 Å². The van der Waals surface area contributed by atoms with Crippen molar-refractivity contribution in [1.82, 2.24) is 15.3 Å². The maximum absolute atomic E-state index is 12.5. The fourth-order valence-corrected chi connectivity index (χ4v) is 5.31. The first-order valence-electron chi connectivity index (χ1n) is 8.56. The molecular formula is C18H19N3O3S2. The van der Waals surface area contributed by atoms with Crippen LogP contribution in [-0.4, -0.2) is 21.6 Å². The molecule has 1 unspecified atom stereocenters. The summed E-state index contributed by atoms with van der Waals surface area (Å²) in [6, 6.07) is 3.58. The molecule has 1 amide bonds. The number of fused-ring (bicyclic) bond motifs is 3. The number of hydrogen-bond acceptors (Lipinski definition) is 6. The van der Waals surface area contributed by atoms with E-state index >= 15 is 0 Å². The Hall–Kier alpha value is -2.06. The van der Waals surface area contributed by atoms with Gasteiger partial charge in [0.1, 0.15) is 10.6 Å². The molecule has 0 saturated carbocycles. The summed E-state index contributed by atoms with van der Waals surface area (Å²) in [5.74, 6) is 1.42. The van der Waals surface area contributed by atoms with Crippen molar-refractivity contribution in [3.05, 3.63) is 45.0 Å². The fourth-order valence-electron chi connectivity index (χ4n) is 3.18. The number of nitrogens with zero attached hydrogens (tertiary/aromatic N) is 1. The number of aryl methyl sites for hydroxylation is 1. The van der Waals surface area contributed by atoms with Gasteiger partial charge in [-0.15, -0.1) is 11.3 Å².